The van der Waals surface area contributed by atoms with Gasteiger partial charge in [-0.1, -0.05) is 0 Å². The zero-order chi connectivity index (χ0) is 13.4. The number of aryl methyl sites for hydroxylation is 2. The van der Waals surface area contributed by atoms with Crippen molar-refractivity contribution in [3.63, 3.8) is 0 Å². The molecule has 2 N–H and O–H groups in total. The van der Waals surface area contributed by atoms with Gasteiger partial charge in [-0.25, -0.2) is 4.98 Å². The fourth-order valence-electron chi connectivity index (χ4n) is 2.00. The summed E-state index contributed by atoms with van der Waals surface area (Å²) in [6, 6.07) is 7.71. The SMILES string of the molecule is Cc1cc2cc(NC(=O)c3ncc(C)o3)ccc2[nH]1. The number of fused-ring (bicyclic) bond motifs is 1. The molecule has 0 unspecified atom stereocenters. The van der Waals surface area contributed by atoms with E-state index in [1.54, 1.807) is 6.92 Å². The van der Waals surface area contributed by atoms with E-state index in [1.165, 1.54) is 6.20 Å². The second-order valence-corrected chi connectivity index (χ2v) is 4.48. The van der Waals surface area contributed by atoms with E-state index in [-0.39, 0.29) is 11.8 Å². The summed E-state index contributed by atoms with van der Waals surface area (Å²) >= 11 is 0. The van der Waals surface area contributed by atoms with E-state index in [4.69, 9.17) is 4.42 Å². The summed E-state index contributed by atoms with van der Waals surface area (Å²) in [4.78, 5) is 19.0. The van der Waals surface area contributed by atoms with Crippen molar-refractivity contribution in [1.82, 2.24) is 9.97 Å². The Labute approximate surface area is 109 Å². The van der Waals surface area contributed by atoms with Gasteiger partial charge in [-0.05, 0) is 38.1 Å². The van der Waals surface area contributed by atoms with Crippen LogP contribution in [0, 0.1) is 13.8 Å². The highest BCUT2D eigenvalue weighted by Crippen LogP contribution is 2.20. The third-order valence-corrected chi connectivity index (χ3v) is 2.83. The average molecular weight is 255 g/mol. The molecule has 5 heteroatoms. The van der Waals surface area contributed by atoms with Crippen LogP contribution < -0.4 is 5.32 Å². The van der Waals surface area contributed by atoms with Crippen molar-refractivity contribution in [2.45, 2.75) is 13.8 Å². The molecule has 0 aliphatic carbocycles. The minimum atomic E-state index is -0.347. The summed E-state index contributed by atoms with van der Waals surface area (Å²) in [5.41, 5.74) is 2.84. The van der Waals surface area contributed by atoms with Crippen LogP contribution in [0.3, 0.4) is 0 Å². The number of oxazole rings is 1. The highest BCUT2D eigenvalue weighted by molar-refractivity contribution is 6.02. The van der Waals surface area contributed by atoms with Gasteiger partial charge in [0.15, 0.2) is 0 Å². The van der Waals surface area contributed by atoms with Gasteiger partial charge < -0.3 is 14.7 Å². The number of amides is 1. The van der Waals surface area contributed by atoms with E-state index >= 15 is 0 Å². The first-order valence-electron chi connectivity index (χ1n) is 5.95. The van der Waals surface area contributed by atoms with Gasteiger partial charge in [-0.3, -0.25) is 4.79 Å². The topological polar surface area (TPSA) is 70.9 Å². The summed E-state index contributed by atoms with van der Waals surface area (Å²) < 4.78 is 5.18. The first-order valence-corrected chi connectivity index (χ1v) is 5.95. The Morgan fingerprint density at radius 3 is 2.89 bits per heavy atom. The molecule has 0 bridgehead atoms. The molecule has 0 atom stereocenters. The van der Waals surface area contributed by atoms with Gasteiger partial charge in [0.1, 0.15) is 5.76 Å². The van der Waals surface area contributed by atoms with Crippen LogP contribution in [0.2, 0.25) is 0 Å². The van der Waals surface area contributed by atoms with Crippen molar-refractivity contribution in [2.75, 3.05) is 5.32 Å². The smallest absolute Gasteiger partial charge is 0.311 e. The molecule has 0 saturated carbocycles. The van der Waals surface area contributed by atoms with Crippen molar-refractivity contribution in [3.8, 4) is 0 Å². The maximum absolute atomic E-state index is 11.9. The fraction of sp³-hybridized carbons (Fsp3) is 0.143. The molecule has 1 amide bonds. The van der Waals surface area contributed by atoms with E-state index < -0.39 is 0 Å². The Kier molecular flexibility index (Phi) is 2.59. The molecule has 19 heavy (non-hydrogen) atoms. The van der Waals surface area contributed by atoms with Gasteiger partial charge in [0.25, 0.3) is 5.89 Å². The maximum Gasteiger partial charge on any atom is 0.311 e. The molecule has 3 aromatic rings. The quantitative estimate of drug-likeness (QED) is 0.739. The van der Waals surface area contributed by atoms with Gasteiger partial charge in [0.2, 0.25) is 0 Å². The molecular formula is C14H13N3O2. The molecule has 0 aliphatic rings. The minimum absolute atomic E-state index is 0.0721. The van der Waals surface area contributed by atoms with Gasteiger partial charge in [0, 0.05) is 22.3 Å². The van der Waals surface area contributed by atoms with Gasteiger partial charge in [0.05, 0.1) is 6.20 Å². The first kappa shape index (κ1) is 11.5. The van der Waals surface area contributed by atoms with Crippen molar-refractivity contribution in [3.05, 3.63) is 47.8 Å². The van der Waals surface area contributed by atoms with Gasteiger partial charge in [-0.15, -0.1) is 0 Å². The lowest BCUT2D eigenvalue weighted by Crippen LogP contribution is -2.11. The number of nitrogens with one attached hydrogen (secondary N) is 2. The van der Waals surface area contributed by atoms with Crippen LogP contribution in [-0.2, 0) is 0 Å². The van der Waals surface area contributed by atoms with Crippen LogP contribution in [0.4, 0.5) is 5.69 Å². The van der Waals surface area contributed by atoms with E-state index in [0.717, 1.165) is 16.6 Å². The Bertz CT molecular complexity index is 755. The number of nitrogens with zero attached hydrogens (tertiary/aromatic N) is 1. The number of H-pyrrole nitrogens is 1. The molecule has 2 aromatic heterocycles. The zero-order valence-electron chi connectivity index (χ0n) is 10.7. The van der Waals surface area contributed by atoms with Crippen molar-refractivity contribution in [2.24, 2.45) is 0 Å². The number of carbonyl (C=O) groups is 1. The lowest BCUT2D eigenvalue weighted by Gasteiger charge is -2.02. The molecule has 0 radical (unpaired) electrons. The molecule has 5 nitrogen and oxygen atoms in total. The molecule has 0 aliphatic heterocycles. The first-order chi connectivity index (χ1) is 9.11. The molecule has 0 spiro atoms. The van der Waals surface area contributed by atoms with Crippen LogP contribution in [0.1, 0.15) is 22.1 Å². The third-order valence-electron chi connectivity index (χ3n) is 2.83. The highest BCUT2D eigenvalue weighted by Gasteiger charge is 2.12. The predicted molar refractivity (Wildman–Crippen MR) is 72.2 cm³/mol. The number of carbonyl (C=O) groups excluding carboxylic acids is 1. The van der Waals surface area contributed by atoms with Gasteiger partial charge in [-0.2, -0.15) is 0 Å². The standard InChI is InChI=1S/C14H13N3O2/c1-8-5-10-6-11(3-4-12(10)16-8)17-13(18)14-15-7-9(2)19-14/h3-7,16H,1-2H3,(H,17,18). The zero-order valence-corrected chi connectivity index (χ0v) is 10.7. The Hall–Kier alpha value is -2.56. The Balaban J connectivity index is 1.86. The molecule has 2 heterocycles. The Morgan fingerprint density at radius 2 is 2.16 bits per heavy atom. The summed E-state index contributed by atoms with van der Waals surface area (Å²) in [5, 5.41) is 3.82. The van der Waals surface area contributed by atoms with Crippen molar-refractivity contribution < 1.29 is 9.21 Å². The second-order valence-electron chi connectivity index (χ2n) is 4.48. The number of hydrogen-bond donors (Lipinski definition) is 2. The highest BCUT2D eigenvalue weighted by atomic mass is 16.4. The summed E-state index contributed by atoms with van der Waals surface area (Å²) in [7, 11) is 0. The normalized spacial score (nSPS) is 10.8. The number of anilines is 1. The molecule has 1 aromatic carbocycles. The lowest BCUT2D eigenvalue weighted by molar-refractivity contribution is 0.0989. The average Bonchev–Trinajstić information content (AvgIpc) is 2.93. The summed E-state index contributed by atoms with van der Waals surface area (Å²) in [6.07, 6.45) is 1.52. The van der Waals surface area contributed by atoms with Crippen LogP contribution in [0.5, 0.6) is 0 Å². The number of hydrogen-bond acceptors (Lipinski definition) is 3. The third kappa shape index (κ3) is 2.22. The predicted octanol–water partition coefficient (Wildman–Crippen LogP) is 3.03. The Morgan fingerprint density at radius 1 is 1.32 bits per heavy atom. The van der Waals surface area contributed by atoms with E-state index in [9.17, 15) is 4.79 Å². The number of aromatic nitrogens is 2. The maximum atomic E-state index is 11.9. The molecule has 0 saturated heterocycles. The van der Waals surface area contributed by atoms with Gasteiger partial charge >= 0.3 is 5.91 Å². The van der Waals surface area contributed by atoms with Crippen molar-refractivity contribution >= 4 is 22.5 Å². The summed E-state index contributed by atoms with van der Waals surface area (Å²) in [5.74, 6) is 0.337. The fourth-order valence-corrected chi connectivity index (χ4v) is 2.00. The largest absolute Gasteiger partial charge is 0.438 e. The van der Waals surface area contributed by atoms with E-state index in [1.807, 2.05) is 31.2 Å². The van der Waals surface area contributed by atoms with Crippen molar-refractivity contribution in [1.29, 1.82) is 0 Å². The van der Waals surface area contributed by atoms with E-state index in [0.29, 0.717) is 11.4 Å². The van der Waals surface area contributed by atoms with Crippen LogP contribution in [0.15, 0.2) is 34.9 Å². The monoisotopic (exact) mass is 255 g/mol. The summed E-state index contributed by atoms with van der Waals surface area (Å²) in [6.45, 7) is 3.74. The number of rotatable bonds is 2. The van der Waals surface area contributed by atoms with E-state index in [2.05, 4.69) is 15.3 Å². The van der Waals surface area contributed by atoms with Crippen LogP contribution >= 0.6 is 0 Å². The lowest BCUT2D eigenvalue weighted by atomic mass is 10.2. The molecular weight excluding hydrogens is 242 g/mol. The molecule has 3 rings (SSSR count). The van der Waals surface area contributed by atoms with Crippen LogP contribution in [0.25, 0.3) is 10.9 Å². The van der Waals surface area contributed by atoms with Crippen LogP contribution in [-0.4, -0.2) is 15.9 Å². The number of benzene rings is 1. The number of aromatic amines is 1. The minimum Gasteiger partial charge on any atom is -0.438 e. The second kappa shape index (κ2) is 4.28. The molecule has 96 valence electrons. The molecule has 0 fully saturated rings.